The van der Waals surface area contributed by atoms with E-state index in [0.717, 1.165) is 38.0 Å². The van der Waals surface area contributed by atoms with Crippen molar-refractivity contribution in [1.82, 2.24) is 9.62 Å². The van der Waals surface area contributed by atoms with Crippen molar-refractivity contribution in [2.45, 2.75) is 44.9 Å². The van der Waals surface area contributed by atoms with Crippen LogP contribution in [0.1, 0.15) is 40.0 Å². The van der Waals surface area contributed by atoms with Crippen LogP contribution in [0.5, 0.6) is 0 Å². The van der Waals surface area contributed by atoms with Gasteiger partial charge in [0, 0.05) is 32.7 Å². The Morgan fingerprint density at radius 2 is 1.78 bits per heavy atom. The molecule has 2 rings (SSSR count). The molecule has 0 spiro atoms. The number of nitrogens with zero attached hydrogens (tertiary/aromatic N) is 2. The van der Waals surface area contributed by atoms with Crippen molar-refractivity contribution >= 4 is 27.3 Å². The molecule has 0 unspecified atom stereocenters. The molecular formula is C19H32N4O3S. The molecule has 0 aromatic heterocycles. The van der Waals surface area contributed by atoms with Crippen molar-refractivity contribution in [3.8, 4) is 0 Å². The molecular weight excluding hydrogens is 364 g/mol. The summed E-state index contributed by atoms with van der Waals surface area (Å²) in [5, 5.41) is 5.87. The largest absolute Gasteiger partial charge is 0.374 e. The predicted octanol–water partition coefficient (Wildman–Crippen LogP) is 2.26. The fourth-order valence-corrected chi connectivity index (χ4v) is 4.89. The zero-order valence-corrected chi connectivity index (χ0v) is 17.4. The minimum atomic E-state index is -3.51. The smallest absolute Gasteiger partial charge is 0.243 e. The van der Waals surface area contributed by atoms with Crippen molar-refractivity contribution in [2.24, 2.45) is 0 Å². The Labute approximate surface area is 163 Å². The van der Waals surface area contributed by atoms with Crippen LogP contribution in [-0.4, -0.2) is 57.9 Å². The fourth-order valence-electron chi connectivity index (χ4n) is 3.35. The van der Waals surface area contributed by atoms with E-state index in [2.05, 4.69) is 29.4 Å². The maximum atomic E-state index is 13.0. The summed E-state index contributed by atoms with van der Waals surface area (Å²) in [5.41, 5.74) is 1.57. The second-order valence-corrected chi connectivity index (χ2v) is 8.56. The van der Waals surface area contributed by atoms with E-state index >= 15 is 0 Å². The van der Waals surface area contributed by atoms with Gasteiger partial charge >= 0.3 is 0 Å². The van der Waals surface area contributed by atoms with Crippen molar-refractivity contribution in [1.29, 1.82) is 0 Å². The molecule has 0 radical (unpaired) electrons. The van der Waals surface area contributed by atoms with Crippen LogP contribution in [0.4, 0.5) is 11.4 Å². The van der Waals surface area contributed by atoms with Crippen molar-refractivity contribution < 1.29 is 13.2 Å². The molecule has 8 heteroatoms. The molecule has 7 nitrogen and oxygen atoms in total. The second-order valence-electron chi connectivity index (χ2n) is 6.62. The van der Waals surface area contributed by atoms with E-state index < -0.39 is 10.0 Å². The number of benzene rings is 1. The molecule has 0 saturated carbocycles. The van der Waals surface area contributed by atoms with Gasteiger partial charge in [0.05, 0.1) is 22.8 Å². The predicted molar refractivity (Wildman–Crippen MR) is 110 cm³/mol. The number of piperidine rings is 1. The van der Waals surface area contributed by atoms with Crippen LogP contribution >= 0.6 is 0 Å². The Morgan fingerprint density at radius 3 is 2.37 bits per heavy atom. The highest BCUT2D eigenvalue weighted by molar-refractivity contribution is 7.89. The van der Waals surface area contributed by atoms with Crippen LogP contribution in [0.2, 0.25) is 0 Å². The first-order chi connectivity index (χ1) is 12.9. The van der Waals surface area contributed by atoms with Gasteiger partial charge in [-0.3, -0.25) is 4.79 Å². The van der Waals surface area contributed by atoms with Crippen LogP contribution in [-0.2, 0) is 14.8 Å². The molecule has 0 aliphatic carbocycles. The maximum absolute atomic E-state index is 13.0. The summed E-state index contributed by atoms with van der Waals surface area (Å²) in [4.78, 5) is 14.3. The minimum absolute atomic E-state index is 0.106. The molecule has 1 aliphatic heterocycles. The quantitative estimate of drug-likeness (QED) is 0.669. The standard InChI is InChI=1S/C19H32N4O3S/c1-4-20-19(24)15-21-17-14-16(10-11-18(17)22(5-2)6-3)27(25,26)23-12-8-7-9-13-23/h10-11,14,21H,4-9,12-13,15H2,1-3H3,(H,20,24). The molecule has 1 aliphatic rings. The third kappa shape index (κ3) is 5.35. The number of carbonyl (C=O) groups excluding carboxylic acids is 1. The SMILES string of the molecule is CCNC(=O)CNc1cc(S(=O)(=O)N2CCCCC2)ccc1N(CC)CC. The number of sulfonamides is 1. The molecule has 1 saturated heterocycles. The lowest BCUT2D eigenvalue weighted by molar-refractivity contribution is -0.119. The molecule has 1 amide bonds. The summed E-state index contributed by atoms with van der Waals surface area (Å²) < 4.78 is 27.6. The van der Waals surface area contributed by atoms with E-state index in [4.69, 9.17) is 0 Å². The molecule has 1 aromatic rings. The highest BCUT2D eigenvalue weighted by Gasteiger charge is 2.27. The summed E-state index contributed by atoms with van der Waals surface area (Å²) >= 11 is 0. The zero-order valence-electron chi connectivity index (χ0n) is 16.6. The summed E-state index contributed by atoms with van der Waals surface area (Å²) in [6, 6.07) is 5.18. The Balaban J connectivity index is 2.34. The Bertz CT molecular complexity index is 726. The summed E-state index contributed by atoms with van der Waals surface area (Å²) in [6.45, 7) is 9.37. The van der Waals surface area contributed by atoms with Crippen molar-refractivity contribution in [3.05, 3.63) is 18.2 Å². The van der Waals surface area contributed by atoms with Crippen LogP contribution in [0.25, 0.3) is 0 Å². The van der Waals surface area contributed by atoms with Gasteiger partial charge in [-0.1, -0.05) is 6.42 Å². The van der Waals surface area contributed by atoms with Gasteiger partial charge in [-0.15, -0.1) is 0 Å². The van der Waals surface area contributed by atoms with Gasteiger partial charge < -0.3 is 15.5 Å². The summed E-state index contributed by atoms with van der Waals surface area (Å²) in [7, 11) is -3.51. The van der Waals surface area contributed by atoms with Crippen molar-refractivity contribution in [2.75, 3.05) is 49.5 Å². The van der Waals surface area contributed by atoms with Gasteiger partial charge in [0.2, 0.25) is 15.9 Å². The first-order valence-corrected chi connectivity index (χ1v) is 11.3. The maximum Gasteiger partial charge on any atom is 0.243 e. The normalized spacial score (nSPS) is 15.4. The first kappa shape index (κ1) is 21.5. The molecule has 2 N–H and O–H groups in total. The molecule has 27 heavy (non-hydrogen) atoms. The first-order valence-electron chi connectivity index (χ1n) is 9.83. The number of likely N-dealkylation sites (N-methyl/N-ethyl adjacent to an activating group) is 1. The molecule has 0 atom stereocenters. The average Bonchev–Trinajstić information content (AvgIpc) is 2.68. The monoisotopic (exact) mass is 396 g/mol. The van der Waals surface area contributed by atoms with Crippen molar-refractivity contribution in [3.63, 3.8) is 0 Å². The molecule has 0 bridgehead atoms. The number of hydrogen-bond acceptors (Lipinski definition) is 5. The third-order valence-corrected chi connectivity index (χ3v) is 6.73. The van der Waals surface area contributed by atoms with Crippen LogP contribution in [0.15, 0.2) is 23.1 Å². The second kappa shape index (κ2) is 9.94. The molecule has 152 valence electrons. The van der Waals surface area contributed by atoms with E-state index in [1.54, 1.807) is 16.4 Å². The lowest BCUT2D eigenvalue weighted by Gasteiger charge is -2.28. The average molecular weight is 397 g/mol. The summed E-state index contributed by atoms with van der Waals surface area (Å²) in [5.74, 6) is -0.118. The number of anilines is 2. The Morgan fingerprint density at radius 1 is 1.11 bits per heavy atom. The molecule has 1 aromatic carbocycles. The van der Waals surface area contributed by atoms with E-state index in [1.807, 2.05) is 13.0 Å². The Hall–Kier alpha value is -1.80. The summed E-state index contributed by atoms with van der Waals surface area (Å²) in [6.07, 6.45) is 2.88. The number of hydrogen-bond donors (Lipinski definition) is 2. The number of nitrogens with one attached hydrogen (secondary N) is 2. The molecule has 1 heterocycles. The van der Waals surface area contributed by atoms with Gasteiger partial charge in [0.15, 0.2) is 0 Å². The van der Waals surface area contributed by atoms with E-state index in [1.165, 1.54) is 0 Å². The van der Waals surface area contributed by atoms with E-state index in [9.17, 15) is 13.2 Å². The van der Waals surface area contributed by atoms with E-state index in [-0.39, 0.29) is 17.3 Å². The fraction of sp³-hybridized carbons (Fsp3) is 0.632. The van der Waals surface area contributed by atoms with Gasteiger partial charge in [0.25, 0.3) is 0 Å². The number of carbonyl (C=O) groups is 1. The Kier molecular flexibility index (Phi) is 7.91. The van der Waals surface area contributed by atoms with Gasteiger partial charge in [-0.2, -0.15) is 4.31 Å². The van der Waals surface area contributed by atoms with Gasteiger partial charge in [-0.05, 0) is 51.8 Å². The number of amides is 1. The van der Waals surface area contributed by atoms with Gasteiger partial charge in [-0.25, -0.2) is 8.42 Å². The molecule has 1 fully saturated rings. The topological polar surface area (TPSA) is 81.8 Å². The number of rotatable bonds is 9. The van der Waals surface area contributed by atoms with Gasteiger partial charge in [0.1, 0.15) is 0 Å². The van der Waals surface area contributed by atoms with Crippen LogP contribution < -0.4 is 15.5 Å². The van der Waals surface area contributed by atoms with Crippen LogP contribution in [0, 0.1) is 0 Å². The lowest BCUT2D eigenvalue weighted by atomic mass is 10.2. The highest BCUT2D eigenvalue weighted by Crippen LogP contribution is 2.31. The third-order valence-electron chi connectivity index (χ3n) is 4.84. The highest BCUT2D eigenvalue weighted by atomic mass is 32.2. The lowest BCUT2D eigenvalue weighted by Crippen LogP contribution is -2.35. The van der Waals surface area contributed by atoms with E-state index in [0.29, 0.717) is 25.3 Å². The van der Waals surface area contributed by atoms with Crippen LogP contribution in [0.3, 0.4) is 0 Å². The minimum Gasteiger partial charge on any atom is -0.374 e. The zero-order chi connectivity index (χ0) is 19.9.